The van der Waals surface area contributed by atoms with Crippen molar-refractivity contribution in [1.29, 1.82) is 0 Å². The zero-order chi connectivity index (χ0) is 18.5. The molecule has 0 spiro atoms. The van der Waals surface area contributed by atoms with Gasteiger partial charge >= 0.3 is 12.1 Å². The van der Waals surface area contributed by atoms with Gasteiger partial charge in [0.1, 0.15) is 12.4 Å². The van der Waals surface area contributed by atoms with Crippen LogP contribution in [0.4, 0.5) is 4.79 Å². The van der Waals surface area contributed by atoms with Crippen LogP contribution < -0.4 is 10.1 Å². The molecule has 0 unspecified atom stereocenters. The monoisotopic (exact) mass is 355 g/mol. The van der Waals surface area contributed by atoms with Gasteiger partial charge in [0.15, 0.2) is 0 Å². The van der Waals surface area contributed by atoms with E-state index in [0.29, 0.717) is 18.6 Å². The molecule has 0 saturated heterocycles. The van der Waals surface area contributed by atoms with Crippen LogP contribution in [-0.2, 0) is 22.6 Å². The quantitative estimate of drug-likeness (QED) is 0.859. The summed E-state index contributed by atoms with van der Waals surface area (Å²) in [6.07, 6.45) is 0.439. The Kier molecular flexibility index (Phi) is 5.41. The third-order valence-electron chi connectivity index (χ3n) is 4.62. The average Bonchev–Trinajstić information content (AvgIpc) is 2.66. The van der Waals surface area contributed by atoms with Gasteiger partial charge in [0.25, 0.3) is 0 Å². The number of fused-ring (bicyclic) bond motifs is 1. The van der Waals surface area contributed by atoms with Crippen molar-refractivity contribution in [3.8, 4) is 5.75 Å². The number of nitrogens with one attached hydrogen (secondary N) is 1. The summed E-state index contributed by atoms with van der Waals surface area (Å²) in [6.45, 7) is 0.132. The number of carbonyl (C=O) groups is 2. The van der Waals surface area contributed by atoms with E-state index in [1.165, 1.54) is 0 Å². The molecule has 0 heterocycles. The molecule has 2 aromatic rings. The Morgan fingerprint density at radius 2 is 1.96 bits per heavy atom. The molecule has 0 radical (unpaired) electrons. The van der Waals surface area contributed by atoms with E-state index < -0.39 is 24.0 Å². The Morgan fingerprint density at radius 3 is 2.65 bits per heavy atom. The standard InChI is InChI=1S/C20H21NO5/c1-25-15-8-10-16-14(11-15)7-9-17(19(22)23)18(16)21-20(24)26-12-13-5-3-2-4-6-13/h2-6,8,10-11,17-18H,7,9,12H2,1H3,(H,21,24)(H,22,23)/t17-,18+/m1/s1. The van der Waals surface area contributed by atoms with Gasteiger partial charge in [-0.05, 0) is 41.7 Å². The SMILES string of the molecule is COc1ccc2c(c1)CC[C@@H](C(=O)O)[C@H]2NC(=O)OCc1ccccc1. The summed E-state index contributed by atoms with van der Waals surface area (Å²) in [4.78, 5) is 23.9. The Labute approximate surface area is 151 Å². The fourth-order valence-electron chi connectivity index (χ4n) is 3.26. The minimum atomic E-state index is -0.931. The van der Waals surface area contributed by atoms with Crippen LogP contribution in [0.25, 0.3) is 0 Å². The first kappa shape index (κ1) is 17.8. The maximum atomic E-state index is 12.2. The molecule has 0 fully saturated rings. The molecule has 0 aromatic heterocycles. The smallest absolute Gasteiger partial charge is 0.407 e. The molecule has 0 bridgehead atoms. The molecule has 6 nitrogen and oxygen atoms in total. The highest BCUT2D eigenvalue weighted by atomic mass is 16.5. The van der Waals surface area contributed by atoms with E-state index in [2.05, 4.69) is 5.32 Å². The molecule has 0 aliphatic heterocycles. The summed E-state index contributed by atoms with van der Waals surface area (Å²) in [5, 5.41) is 12.3. The predicted molar refractivity (Wildman–Crippen MR) is 94.9 cm³/mol. The number of benzene rings is 2. The average molecular weight is 355 g/mol. The maximum Gasteiger partial charge on any atom is 0.407 e. The molecular formula is C20H21NO5. The van der Waals surface area contributed by atoms with Crippen molar-refractivity contribution in [1.82, 2.24) is 5.32 Å². The van der Waals surface area contributed by atoms with Crippen LogP contribution in [0.5, 0.6) is 5.75 Å². The zero-order valence-electron chi connectivity index (χ0n) is 14.5. The second kappa shape index (κ2) is 7.91. The van der Waals surface area contributed by atoms with Crippen LogP contribution in [0, 0.1) is 5.92 Å². The van der Waals surface area contributed by atoms with Crippen LogP contribution >= 0.6 is 0 Å². The van der Waals surface area contributed by atoms with Gasteiger partial charge in [-0.2, -0.15) is 0 Å². The number of alkyl carbamates (subject to hydrolysis) is 1. The maximum absolute atomic E-state index is 12.2. The molecule has 3 rings (SSSR count). The third-order valence-corrected chi connectivity index (χ3v) is 4.62. The first-order chi connectivity index (χ1) is 12.6. The number of rotatable bonds is 5. The molecule has 1 aliphatic rings. The highest BCUT2D eigenvalue weighted by molar-refractivity contribution is 5.75. The minimum Gasteiger partial charge on any atom is -0.497 e. The van der Waals surface area contributed by atoms with Crippen LogP contribution in [0.2, 0.25) is 0 Å². The lowest BCUT2D eigenvalue weighted by molar-refractivity contribution is -0.143. The number of amides is 1. The number of ether oxygens (including phenoxy) is 2. The molecule has 1 aliphatic carbocycles. The van der Waals surface area contributed by atoms with Crippen LogP contribution in [0.3, 0.4) is 0 Å². The van der Waals surface area contributed by atoms with Crippen LogP contribution in [0.1, 0.15) is 29.2 Å². The van der Waals surface area contributed by atoms with Crippen molar-refractivity contribution in [3.05, 3.63) is 65.2 Å². The second-order valence-electron chi connectivity index (χ2n) is 6.23. The first-order valence-electron chi connectivity index (χ1n) is 8.45. The van der Waals surface area contributed by atoms with E-state index in [-0.39, 0.29) is 6.61 Å². The van der Waals surface area contributed by atoms with E-state index in [0.717, 1.165) is 16.7 Å². The summed E-state index contributed by atoms with van der Waals surface area (Å²) in [5.74, 6) is -0.914. The van der Waals surface area contributed by atoms with Crippen molar-refractivity contribution in [3.63, 3.8) is 0 Å². The van der Waals surface area contributed by atoms with Crippen molar-refractivity contribution in [2.24, 2.45) is 5.92 Å². The van der Waals surface area contributed by atoms with Crippen LogP contribution in [0.15, 0.2) is 48.5 Å². The predicted octanol–water partition coefficient (Wildman–Crippen LogP) is 3.31. The van der Waals surface area contributed by atoms with E-state index in [1.54, 1.807) is 13.2 Å². The van der Waals surface area contributed by atoms with Gasteiger partial charge in [-0.15, -0.1) is 0 Å². The Morgan fingerprint density at radius 1 is 1.19 bits per heavy atom. The molecule has 6 heteroatoms. The summed E-state index contributed by atoms with van der Waals surface area (Å²) in [7, 11) is 1.58. The van der Waals surface area contributed by atoms with E-state index in [4.69, 9.17) is 9.47 Å². The molecule has 0 saturated carbocycles. The summed E-state index contributed by atoms with van der Waals surface area (Å²) in [6, 6.07) is 14.2. The highest BCUT2D eigenvalue weighted by Gasteiger charge is 2.36. The molecular weight excluding hydrogens is 334 g/mol. The largest absolute Gasteiger partial charge is 0.497 e. The van der Waals surface area contributed by atoms with Crippen molar-refractivity contribution < 1.29 is 24.2 Å². The number of aryl methyl sites for hydroxylation is 1. The normalized spacial score (nSPS) is 18.5. The van der Waals surface area contributed by atoms with E-state index >= 15 is 0 Å². The number of methoxy groups -OCH3 is 1. The summed E-state index contributed by atoms with van der Waals surface area (Å²) < 4.78 is 10.5. The Balaban J connectivity index is 1.75. The molecule has 2 N–H and O–H groups in total. The third kappa shape index (κ3) is 3.96. The first-order valence-corrected chi connectivity index (χ1v) is 8.45. The van der Waals surface area contributed by atoms with E-state index in [1.807, 2.05) is 42.5 Å². The number of carboxylic acid groups (broad SMARTS) is 1. The lowest BCUT2D eigenvalue weighted by atomic mass is 9.79. The lowest BCUT2D eigenvalue weighted by Gasteiger charge is -2.31. The number of hydrogen-bond donors (Lipinski definition) is 2. The fraction of sp³-hybridized carbons (Fsp3) is 0.300. The van der Waals surface area contributed by atoms with Crippen molar-refractivity contribution in [2.45, 2.75) is 25.5 Å². The van der Waals surface area contributed by atoms with Crippen LogP contribution in [-0.4, -0.2) is 24.3 Å². The zero-order valence-corrected chi connectivity index (χ0v) is 14.5. The van der Waals surface area contributed by atoms with Gasteiger partial charge in [-0.1, -0.05) is 36.4 Å². The number of carbonyl (C=O) groups excluding carboxylic acids is 1. The van der Waals surface area contributed by atoms with Gasteiger partial charge in [-0.3, -0.25) is 4.79 Å². The second-order valence-corrected chi connectivity index (χ2v) is 6.23. The van der Waals surface area contributed by atoms with Gasteiger partial charge in [0, 0.05) is 0 Å². The lowest BCUT2D eigenvalue weighted by Crippen LogP contribution is -2.39. The molecule has 136 valence electrons. The van der Waals surface area contributed by atoms with Crippen molar-refractivity contribution in [2.75, 3.05) is 7.11 Å². The number of carboxylic acids is 1. The van der Waals surface area contributed by atoms with Gasteiger partial charge < -0.3 is 19.9 Å². The molecule has 2 atom stereocenters. The fourth-order valence-corrected chi connectivity index (χ4v) is 3.26. The van der Waals surface area contributed by atoms with E-state index in [9.17, 15) is 14.7 Å². The molecule has 2 aromatic carbocycles. The minimum absolute atomic E-state index is 0.132. The van der Waals surface area contributed by atoms with Gasteiger partial charge in [0.2, 0.25) is 0 Å². The summed E-state index contributed by atoms with van der Waals surface area (Å²) >= 11 is 0. The van der Waals surface area contributed by atoms with Gasteiger partial charge in [-0.25, -0.2) is 4.79 Å². The highest BCUT2D eigenvalue weighted by Crippen LogP contribution is 2.36. The molecule has 1 amide bonds. The van der Waals surface area contributed by atoms with Gasteiger partial charge in [0.05, 0.1) is 19.1 Å². The number of aliphatic carboxylic acids is 1. The summed E-state index contributed by atoms with van der Waals surface area (Å²) in [5.41, 5.74) is 2.64. The topological polar surface area (TPSA) is 84.9 Å². The molecule has 26 heavy (non-hydrogen) atoms. The number of hydrogen-bond acceptors (Lipinski definition) is 4. The Bertz CT molecular complexity index is 790. The Hall–Kier alpha value is -3.02. The van der Waals surface area contributed by atoms with Crippen molar-refractivity contribution >= 4 is 12.1 Å².